The van der Waals surface area contributed by atoms with Crippen molar-refractivity contribution < 1.29 is 27.9 Å². The van der Waals surface area contributed by atoms with Crippen LogP contribution < -0.4 is 4.90 Å². The second-order valence-corrected chi connectivity index (χ2v) is 6.37. The van der Waals surface area contributed by atoms with Crippen molar-refractivity contribution in [3.8, 4) is 0 Å². The Labute approximate surface area is 144 Å². The van der Waals surface area contributed by atoms with Crippen LogP contribution in [0.15, 0.2) is 30.3 Å². The van der Waals surface area contributed by atoms with E-state index < -0.39 is 17.7 Å². The van der Waals surface area contributed by atoms with Gasteiger partial charge < -0.3 is 14.9 Å². The molecule has 8 heteroatoms. The largest absolute Gasteiger partial charge is 0.426 e. The van der Waals surface area contributed by atoms with Crippen molar-refractivity contribution in [2.75, 3.05) is 25.0 Å². The van der Waals surface area contributed by atoms with Crippen molar-refractivity contribution in [1.82, 2.24) is 4.90 Å². The Morgan fingerprint density at radius 1 is 1.16 bits per heavy atom. The fraction of sp³-hybridized carbons (Fsp3) is 0.529. The molecule has 1 aliphatic heterocycles. The summed E-state index contributed by atoms with van der Waals surface area (Å²) in [5.41, 5.74) is -2.68. The molecule has 1 atom stereocenters. The van der Waals surface area contributed by atoms with Gasteiger partial charge in [0.2, 0.25) is 11.5 Å². The summed E-state index contributed by atoms with van der Waals surface area (Å²) in [6, 6.07) is 9.02. The minimum atomic E-state index is -5.04. The van der Waals surface area contributed by atoms with Gasteiger partial charge in [0.05, 0.1) is 0 Å². The van der Waals surface area contributed by atoms with E-state index in [4.69, 9.17) is 0 Å². The summed E-state index contributed by atoms with van der Waals surface area (Å²) in [5, 5.41) is 9.49. The second kappa shape index (κ2) is 7.03. The second-order valence-electron chi connectivity index (χ2n) is 6.37. The predicted molar refractivity (Wildman–Crippen MR) is 85.8 cm³/mol. The lowest BCUT2D eigenvalue weighted by Gasteiger charge is -2.37. The SMILES string of the molecule is CN(C(=O)C1CCN(C(=O)[C@@](C)(O)C(F)(F)F)CC1)c1ccccc1. The van der Waals surface area contributed by atoms with Gasteiger partial charge in [-0.3, -0.25) is 9.59 Å². The van der Waals surface area contributed by atoms with Gasteiger partial charge >= 0.3 is 6.18 Å². The van der Waals surface area contributed by atoms with Crippen LogP contribution in [-0.2, 0) is 9.59 Å². The van der Waals surface area contributed by atoms with Gasteiger partial charge in [-0.05, 0) is 31.9 Å². The van der Waals surface area contributed by atoms with Gasteiger partial charge in [-0.15, -0.1) is 0 Å². The monoisotopic (exact) mass is 358 g/mol. The van der Waals surface area contributed by atoms with Crippen LogP contribution in [0.25, 0.3) is 0 Å². The highest BCUT2D eigenvalue weighted by Gasteiger charge is 2.57. The molecule has 0 radical (unpaired) electrons. The van der Waals surface area contributed by atoms with Crippen molar-refractivity contribution in [2.45, 2.75) is 31.5 Å². The van der Waals surface area contributed by atoms with Crippen molar-refractivity contribution in [3.05, 3.63) is 30.3 Å². The Bertz CT molecular complexity index is 624. The van der Waals surface area contributed by atoms with E-state index >= 15 is 0 Å². The number of anilines is 1. The summed E-state index contributed by atoms with van der Waals surface area (Å²) in [7, 11) is 1.64. The van der Waals surface area contributed by atoms with Gasteiger partial charge in [0.25, 0.3) is 5.91 Å². The Kier molecular flexibility index (Phi) is 5.41. The molecule has 1 fully saturated rings. The van der Waals surface area contributed by atoms with Crippen LogP contribution in [0.2, 0.25) is 0 Å². The van der Waals surface area contributed by atoms with Gasteiger partial charge in [-0.25, -0.2) is 0 Å². The molecule has 0 aromatic heterocycles. The number of benzene rings is 1. The molecular formula is C17H21F3N2O3. The number of halogens is 3. The Morgan fingerprint density at radius 3 is 2.16 bits per heavy atom. The summed E-state index contributed by atoms with van der Waals surface area (Å²) in [4.78, 5) is 27.0. The molecule has 2 amide bonds. The van der Waals surface area contributed by atoms with Crippen LogP contribution in [0.5, 0.6) is 0 Å². The number of aliphatic hydroxyl groups is 1. The third kappa shape index (κ3) is 3.95. The van der Waals surface area contributed by atoms with E-state index in [9.17, 15) is 27.9 Å². The maximum absolute atomic E-state index is 12.8. The maximum atomic E-state index is 12.8. The average Bonchev–Trinajstić information content (AvgIpc) is 2.59. The van der Waals surface area contributed by atoms with E-state index in [1.807, 2.05) is 6.07 Å². The highest BCUT2D eigenvalue weighted by atomic mass is 19.4. The lowest BCUT2D eigenvalue weighted by molar-refractivity contribution is -0.250. The predicted octanol–water partition coefficient (Wildman–Crippen LogP) is 2.20. The number of para-hydroxylation sites is 1. The number of hydrogen-bond donors (Lipinski definition) is 1. The third-order valence-electron chi connectivity index (χ3n) is 4.57. The topological polar surface area (TPSA) is 60.9 Å². The molecule has 138 valence electrons. The highest BCUT2D eigenvalue weighted by molar-refractivity contribution is 5.94. The fourth-order valence-corrected chi connectivity index (χ4v) is 2.81. The fourth-order valence-electron chi connectivity index (χ4n) is 2.81. The number of carbonyl (C=O) groups excluding carboxylic acids is 2. The molecular weight excluding hydrogens is 337 g/mol. The zero-order chi connectivity index (χ0) is 18.8. The van der Waals surface area contributed by atoms with Crippen molar-refractivity contribution in [2.24, 2.45) is 5.92 Å². The third-order valence-corrected chi connectivity index (χ3v) is 4.57. The number of piperidine rings is 1. The van der Waals surface area contributed by atoms with Crippen LogP contribution in [0.1, 0.15) is 19.8 Å². The summed E-state index contributed by atoms with van der Waals surface area (Å²) < 4.78 is 38.3. The lowest BCUT2D eigenvalue weighted by Crippen LogP contribution is -2.57. The smallest absolute Gasteiger partial charge is 0.373 e. The first-order valence-corrected chi connectivity index (χ1v) is 7.97. The van der Waals surface area contributed by atoms with Gasteiger partial charge in [-0.2, -0.15) is 13.2 Å². The zero-order valence-electron chi connectivity index (χ0n) is 14.1. The molecule has 0 spiro atoms. The molecule has 1 saturated heterocycles. The first kappa shape index (κ1) is 19.2. The lowest BCUT2D eigenvalue weighted by atomic mass is 9.93. The number of alkyl halides is 3. The maximum Gasteiger partial charge on any atom is 0.426 e. The molecule has 0 unspecified atom stereocenters. The molecule has 0 bridgehead atoms. The van der Waals surface area contributed by atoms with E-state index in [-0.39, 0.29) is 37.8 Å². The first-order valence-electron chi connectivity index (χ1n) is 7.97. The molecule has 1 N–H and O–H groups in total. The van der Waals surface area contributed by atoms with Crippen molar-refractivity contribution in [1.29, 1.82) is 0 Å². The number of hydrogen-bond acceptors (Lipinski definition) is 3. The molecule has 0 saturated carbocycles. The van der Waals surface area contributed by atoms with E-state index in [2.05, 4.69) is 0 Å². The minimum Gasteiger partial charge on any atom is -0.373 e. The molecule has 2 rings (SSSR count). The Hall–Kier alpha value is -2.09. The zero-order valence-corrected chi connectivity index (χ0v) is 14.1. The highest BCUT2D eigenvalue weighted by Crippen LogP contribution is 2.33. The van der Waals surface area contributed by atoms with Gasteiger partial charge in [0, 0.05) is 31.7 Å². The number of rotatable bonds is 3. The average molecular weight is 358 g/mol. The molecule has 1 aromatic rings. The first-order chi connectivity index (χ1) is 11.6. The minimum absolute atomic E-state index is 0.00407. The van der Waals surface area contributed by atoms with E-state index in [0.717, 1.165) is 10.6 Å². The van der Waals surface area contributed by atoms with Gasteiger partial charge in [0.15, 0.2) is 0 Å². The number of amides is 2. The van der Waals surface area contributed by atoms with E-state index in [1.54, 1.807) is 31.3 Å². The van der Waals surface area contributed by atoms with Gasteiger partial charge in [0.1, 0.15) is 0 Å². The Balaban J connectivity index is 1.98. The van der Waals surface area contributed by atoms with Crippen LogP contribution in [-0.4, -0.2) is 53.7 Å². The van der Waals surface area contributed by atoms with Crippen molar-refractivity contribution >= 4 is 17.5 Å². The standard InChI is InChI=1S/C17H21F3N2O3/c1-16(25,17(18,19)20)15(24)22-10-8-12(9-11-22)14(23)21(2)13-6-4-3-5-7-13/h3-7,12,25H,8-11H2,1-2H3/t16-/m1/s1. The van der Waals surface area contributed by atoms with Gasteiger partial charge in [-0.1, -0.05) is 18.2 Å². The van der Waals surface area contributed by atoms with Crippen LogP contribution in [0, 0.1) is 5.92 Å². The Morgan fingerprint density at radius 2 is 1.68 bits per heavy atom. The molecule has 25 heavy (non-hydrogen) atoms. The number of likely N-dealkylation sites (tertiary alicyclic amines) is 1. The van der Waals surface area contributed by atoms with E-state index in [1.165, 1.54) is 4.90 Å². The number of carbonyl (C=O) groups is 2. The molecule has 0 aliphatic carbocycles. The molecule has 1 heterocycles. The summed E-state index contributed by atoms with van der Waals surface area (Å²) in [5.74, 6) is -1.88. The van der Waals surface area contributed by atoms with Crippen LogP contribution in [0.4, 0.5) is 18.9 Å². The summed E-state index contributed by atoms with van der Waals surface area (Å²) in [6.07, 6.45) is -4.52. The quantitative estimate of drug-likeness (QED) is 0.901. The number of nitrogens with zero attached hydrogens (tertiary/aromatic N) is 2. The normalized spacial score (nSPS) is 18.6. The molecule has 1 aromatic carbocycles. The molecule has 1 aliphatic rings. The van der Waals surface area contributed by atoms with Crippen molar-refractivity contribution in [3.63, 3.8) is 0 Å². The van der Waals surface area contributed by atoms with Crippen LogP contribution in [0.3, 0.4) is 0 Å². The van der Waals surface area contributed by atoms with Crippen LogP contribution >= 0.6 is 0 Å². The molecule has 5 nitrogen and oxygen atoms in total. The summed E-state index contributed by atoms with van der Waals surface area (Å²) in [6.45, 7) is 0.462. The summed E-state index contributed by atoms with van der Waals surface area (Å²) >= 11 is 0. The van der Waals surface area contributed by atoms with E-state index in [0.29, 0.717) is 6.92 Å².